The highest BCUT2D eigenvalue weighted by Gasteiger charge is 2.23. The number of aldehydes is 2. The van der Waals surface area contributed by atoms with Crippen LogP contribution in [-0.4, -0.2) is 80.3 Å². The number of anilines is 5. The van der Waals surface area contributed by atoms with Gasteiger partial charge in [0.2, 0.25) is 6.41 Å². The summed E-state index contributed by atoms with van der Waals surface area (Å²) in [7, 11) is 7.48. The zero-order chi connectivity index (χ0) is 37.5. The number of benzene rings is 2. The maximum atomic E-state index is 13.2. The highest BCUT2D eigenvalue weighted by Crippen LogP contribution is 2.34. The summed E-state index contributed by atoms with van der Waals surface area (Å²) in [6.07, 6.45) is 11.7. The molecular formula is C39H51N9O4. The highest BCUT2D eigenvalue weighted by atomic mass is 16.2. The van der Waals surface area contributed by atoms with Crippen molar-refractivity contribution in [2.45, 2.75) is 63.8 Å². The number of amides is 2. The largest absolute Gasteiger partial charge is 0.392 e. The van der Waals surface area contributed by atoms with Crippen LogP contribution in [0.3, 0.4) is 0 Å². The average molecular weight is 710 g/mol. The summed E-state index contributed by atoms with van der Waals surface area (Å²) >= 11 is 0. The zero-order valence-corrected chi connectivity index (χ0v) is 30.7. The standard InChI is InChI=1S/C39H51N9O4/c1-28(40-2)20-21-30(25-49)47(27-51)35-19-14-16-29(37(35)46(4)5)15-10-8-6-7-9-13-22-42-39(52)32-17-11-12-18-33(32)44-36-23-34(41-3)38-43-24-31(26-50)48(38)45-36/h11-12,14,16-19,23-27,30,40-41H,1,6-10,13,15,20-22H2,2-5H3,(H,42,52)(H,44,45). The van der Waals surface area contributed by atoms with Crippen molar-refractivity contribution in [1.82, 2.24) is 25.2 Å². The fourth-order valence-electron chi connectivity index (χ4n) is 6.22. The van der Waals surface area contributed by atoms with Gasteiger partial charge in [0.25, 0.3) is 5.91 Å². The number of allylic oxidation sites excluding steroid dienone is 1. The zero-order valence-electron chi connectivity index (χ0n) is 30.7. The Morgan fingerprint density at radius 1 is 0.962 bits per heavy atom. The van der Waals surface area contributed by atoms with Crippen molar-refractivity contribution in [2.24, 2.45) is 0 Å². The summed E-state index contributed by atoms with van der Waals surface area (Å²) in [5.41, 5.74) is 6.27. The minimum Gasteiger partial charge on any atom is -0.392 e. The molecule has 0 saturated heterocycles. The second-order valence-corrected chi connectivity index (χ2v) is 12.8. The first kappa shape index (κ1) is 39.1. The lowest BCUT2D eigenvalue weighted by Gasteiger charge is -2.30. The molecule has 2 aromatic heterocycles. The number of nitrogens with zero attached hydrogens (tertiary/aromatic N) is 5. The van der Waals surface area contributed by atoms with Crippen LogP contribution in [0.25, 0.3) is 5.65 Å². The van der Waals surface area contributed by atoms with Gasteiger partial charge in [-0.25, -0.2) is 9.50 Å². The Morgan fingerprint density at radius 2 is 1.71 bits per heavy atom. The molecule has 0 aliphatic carbocycles. The second-order valence-electron chi connectivity index (χ2n) is 12.8. The lowest BCUT2D eigenvalue weighted by atomic mass is 10.0. The van der Waals surface area contributed by atoms with Gasteiger partial charge in [0.15, 0.2) is 17.8 Å². The van der Waals surface area contributed by atoms with Crippen LogP contribution >= 0.6 is 0 Å². The maximum absolute atomic E-state index is 13.2. The second kappa shape index (κ2) is 19.6. The molecular weight excluding hydrogens is 658 g/mol. The lowest BCUT2D eigenvalue weighted by Crippen LogP contribution is -2.37. The molecule has 1 unspecified atom stereocenters. The van der Waals surface area contributed by atoms with Crippen molar-refractivity contribution >= 4 is 59.1 Å². The average Bonchev–Trinajstić information content (AvgIpc) is 3.58. The SMILES string of the molecule is C=C(CCC(C=O)N(C=O)c1cccc(CCCCCCCCNC(=O)c2ccccc2Nc2cc(NC)c3ncc(C=O)n3n2)c1N(C)C)NC. The number of imidazole rings is 1. The number of carbonyl (C=O) groups excluding carboxylic acids is 4. The number of unbranched alkanes of at least 4 members (excludes halogenated alkanes) is 5. The van der Waals surface area contributed by atoms with Gasteiger partial charge in [-0.2, -0.15) is 0 Å². The molecule has 1 atom stereocenters. The van der Waals surface area contributed by atoms with Crippen LogP contribution in [0.5, 0.6) is 0 Å². The van der Waals surface area contributed by atoms with Gasteiger partial charge in [-0.3, -0.25) is 14.4 Å². The Bertz CT molecular complexity index is 1840. The molecule has 2 heterocycles. The van der Waals surface area contributed by atoms with Crippen molar-refractivity contribution in [3.63, 3.8) is 0 Å². The van der Waals surface area contributed by atoms with Gasteiger partial charge >= 0.3 is 0 Å². The maximum Gasteiger partial charge on any atom is 0.253 e. The smallest absolute Gasteiger partial charge is 0.253 e. The number of para-hydroxylation sites is 2. The normalized spacial score (nSPS) is 11.4. The number of hydrogen-bond acceptors (Lipinski definition) is 10. The Hall–Kier alpha value is -5.72. The minimum atomic E-state index is -0.584. The van der Waals surface area contributed by atoms with E-state index in [1.54, 1.807) is 26.2 Å². The summed E-state index contributed by atoms with van der Waals surface area (Å²) < 4.78 is 1.46. The first-order valence-corrected chi connectivity index (χ1v) is 17.8. The third-order valence-electron chi connectivity index (χ3n) is 9.02. The molecule has 2 amide bonds. The monoisotopic (exact) mass is 709 g/mol. The molecule has 13 heteroatoms. The van der Waals surface area contributed by atoms with Crippen molar-refractivity contribution in [2.75, 3.05) is 55.2 Å². The van der Waals surface area contributed by atoms with Crippen molar-refractivity contribution < 1.29 is 19.2 Å². The van der Waals surface area contributed by atoms with Crippen LogP contribution < -0.4 is 31.1 Å². The van der Waals surface area contributed by atoms with E-state index in [0.717, 1.165) is 80.3 Å². The minimum absolute atomic E-state index is 0.177. The first-order chi connectivity index (χ1) is 25.3. The van der Waals surface area contributed by atoms with Crippen LogP contribution in [0, 0.1) is 0 Å². The Balaban J connectivity index is 1.24. The molecule has 0 radical (unpaired) electrons. The number of rotatable bonds is 23. The van der Waals surface area contributed by atoms with E-state index in [1.165, 1.54) is 15.6 Å². The molecule has 0 aliphatic rings. The van der Waals surface area contributed by atoms with Gasteiger partial charge in [0.05, 0.1) is 40.6 Å². The Morgan fingerprint density at radius 3 is 2.40 bits per heavy atom. The first-order valence-electron chi connectivity index (χ1n) is 17.8. The predicted octanol–water partition coefficient (Wildman–Crippen LogP) is 5.75. The van der Waals surface area contributed by atoms with E-state index in [1.807, 2.05) is 49.3 Å². The van der Waals surface area contributed by atoms with Gasteiger partial charge in [0, 0.05) is 46.5 Å². The van der Waals surface area contributed by atoms with Crippen molar-refractivity contribution in [3.05, 3.63) is 83.8 Å². The molecule has 4 rings (SSSR count). The molecule has 13 nitrogen and oxygen atoms in total. The number of hydrogen-bond donors (Lipinski definition) is 4. The topological polar surface area (TPSA) is 153 Å². The molecule has 0 aliphatic heterocycles. The van der Waals surface area contributed by atoms with Gasteiger partial charge in [0.1, 0.15) is 12.0 Å². The van der Waals surface area contributed by atoms with E-state index in [2.05, 4.69) is 44.0 Å². The molecule has 0 saturated carbocycles. The number of nitrogens with one attached hydrogen (secondary N) is 4. The van der Waals surface area contributed by atoms with Crippen LogP contribution in [0.15, 0.2) is 67.0 Å². The van der Waals surface area contributed by atoms with E-state index in [4.69, 9.17) is 0 Å². The molecule has 0 fully saturated rings. The summed E-state index contributed by atoms with van der Waals surface area (Å²) in [5.74, 6) is 0.283. The number of fused-ring (bicyclic) bond motifs is 1. The van der Waals surface area contributed by atoms with E-state index in [9.17, 15) is 19.2 Å². The van der Waals surface area contributed by atoms with Gasteiger partial charge in [-0.15, -0.1) is 5.10 Å². The van der Waals surface area contributed by atoms with Crippen LogP contribution in [0.4, 0.5) is 28.6 Å². The quantitative estimate of drug-likeness (QED) is 0.0553. The molecule has 4 aromatic rings. The predicted molar refractivity (Wildman–Crippen MR) is 208 cm³/mol. The number of aryl methyl sites for hydroxylation is 1. The van der Waals surface area contributed by atoms with Gasteiger partial charge in [-0.1, -0.05) is 56.5 Å². The third kappa shape index (κ3) is 9.95. The summed E-state index contributed by atoms with van der Waals surface area (Å²) in [6, 6.07) is 14.4. The molecule has 276 valence electrons. The van der Waals surface area contributed by atoms with Crippen molar-refractivity contribution in [3.8, 4) is 0 Å². The Labute approximate surface area is 305 Å². The fourth-order valence-corrected chi connectivity index (χ4v) is 6.22. The Kier molecular flexibility index (Phi) is 14.7. The fraction of sp³-hybridized carbons (Fsp3) is 0.385. The van der Waals surface area contributed by atoms with Crippen molar-refractivity contribution in [1.29, 1.82) is 0 Å². The number of carbonyl (C=O) groups is 4. The van der Waals surface area contributed by atoms with E-state index in [-0.39, 0.29) is 5.91 Å². The van der Waals surface area contributed by atoms with Crippen LogP contribution in [0.2, 0.25) is 0 Å². The van der Waals surface area contributed by atoms with Gasteiger partial charge in [-0.05, 0) is 55.9 Å². The lowest BCUT2D eigenvalue weighted by molar-refractivity contribution is -0.113. The molecule has 0 bridgehead atoms. The van der Waals surface area contributed by atoms with Crippen LogP contribution in [-0.2, 0) is 16.0 Å². The third-order valence-corrected chi connectivity index (χ3v) is 9.02. The summed E-state index contributed by atoms with van der Waals surface area (Å²) in [4.78, 5) is 56.7. The van der Waals surface area contributed by atoms with E-state index in [0.29, 0.717) is 59.8 Å². The van der Waals surface area contributed by atoms with E-state index < -0.39 is 6.04 Å². The highest BCUT2D eigenvalue weighted by molar-refractivity contribution is 6.00. The molecule has 52 heavy (non-hydrogen) atoms. The van der Waals surface area contributed by atoms with E-state index >= 15 is 0 Å². The van der Waals surface area contributed by atoms with Crippen LogP contribution in [0.1, 0.15) is 77.8 Å². The summed E-state index contributed by atoms with van der Waals surface area (Å²) in [6.45, 7) is 4.51. The summed E-state index contributed by atoms with van der Waals surface area (Å²) in [5, 5.41) is 16.8. The molecule has 0 spiro atoms. The molecule has 2 aromatic carbocycles. The van der Waals surface area contributed by atoms with Gasteiger partial charge < -0.3 is 35.9 Å². The number of aromatic nitrogens is 3. The molecule has 4 N–H and O–H groups in total.